The molecule has 0 aliphatic carbocycles. The fourth-order valence-corrected chi connectivity index (χ4v) is 3.41. The van der Waals surface area contributed by atoms with Crippen molar-refractivity contribution in [3.63, 3.8) is 0 Å². The summed E-state index contributed by atoms with van der Waals surface area (Å²) in [5, 5.41) is 3.44. The van der Waals surface area contributed by atoms with Gasteiger partial charge in [0.25, 0.3) is 0 Å². The van der Waals surface area contributed by atoms with Crippen molar-refractivity contribution in [3.05, 3.63) is 53.8 Å². The summed E-state index contributed by atoms with van der Waals surface area (Å²) in [7, 11) is 0. The van der Waals surface area contributed by atoms with Gasteiger partial charge in [-0.2, -0.15) is 0 Å². The molecule has 0 amide bonds. The molecule has 1 aliphatic heterocycles. The van der Waals surface area contributed by atoms with Gasteiger partial charge < -0.3 is 0 Å². The molecule has 5 heteroatoms. The summed E-state index contributed by atoms with van der Waals surface area (Å²) in [6.07, 6.45) is 0.768. The molecule has 1 atom stereocenters. The fraction of sp³-hybridized carbons (Fsp3) is 0.200. The van der Waals surface area contributed by atoms with Crippen LogP contribution in [0.15, 0.2) is 50.4 Å². The van der Waals surface area contributed by atoms with E-state index < -0.39 is 0 Å². The zero-order valence-electron chi connectivity index (χ0n) is 11.0. The number of benzene rings is 2. The second-order valence-electron chi connectivity index (χ2n) is 4.82. The third-order valence-electron chi connectivity index (χ3n) is 3.12. The van der Waals surface area contributed by atoms with E-state index in [-0.39, 0.29) is 26.4 Å². The van der Waals surface area contributed by atoms with E-state index in [1.54, 1.807) is 12.1 Å². The fourth-order valence-electron chi connectivity index (χ4n) is 2.26. The number of nitrogens with one attached hydrogen (secondary N) is 1. The van der Waals surface area contributed by atoms with Crippen molar-refractivity contribution in [2.75, 3.05) is 5.32 Å². The van der Waals surface area contributed by atoms with E-state index in [0.29, 0.717) is 0 Å². The van der Waals surface area contributed by atoms with Crippen LogP contribution in [0.2, 0.25) is 0 Å². The van der Waals surface area contributed by atoms with Crippen LogP contribution in [-0.4, -0.2) is 20.6 Å². The van der Waals surface area contributed by atoms with Gasteiger partial charge in [-0.15, -0.1) is 0 Å². The molecule has 2 aromatic rings. The Kier molecular flexibility index (Phi) is 3.81. The SMILES string of the molecule is CC(Cc1cccc(F)c1)Nc1cccc2c1N=[Se]=N2. The van der Waals surface area contributed by atoms with E-state index in [9.17, 15) is 4.39 Å². The summed E-state index contributed by atoms with van der Waals surface area (Å²) in [4.78, 5) is 0. The molecule has 3 nitrogen and oxygen atoms in total. The Balaban J connectivity index is 1.72. The van der Waals surface area contributed by atoms with E-state index in [1.165, 1.54) is 6.07 Å². The van der Waals surface area contributed by atoms with Gasteiger partial charge in [0.2, 0.25) is 0 Å². The third-order valence-corrected chi connectivity index (χ3v) is 4.26. The molecule has 1 aliphatic rings. The molecular formula is C15H14FN3Se. The van der Waals surface area contributed by atoms with Gasteiger partial charge in [0, 0.05) is 0 Å². The molecule has 0 aromatic heterocycles. The predicted molar refractivity (Wildman–Crippen MR) is 79.6 cm³/mol. The summed E-state index contributed by atoms with van der Waals surface area (Å²) in [5.41, 5.74) is 3.92. The van der Waals surface area contributed by atoms with Gasteiger partial charge in [-0.3, -0.25) is 0 Å². The number of fused-ring (bicyclic) bond motifs is 1. The predicted octanol–water partition coefficient (Wildman–Crippen LogP) is 4.22. The first-order valence-electron chi connectivity index (χ1n) is 6.44. The second kappa shape index (κ2) is 5.73. The number of halogens is 1. The Morgan fingerprint density at radius 1 is 1.20 bits per heavy atom. The number of rotatable bonds is 4. The van der Waals surface area contributed by atoms with Gasteiger partial charge in [0.15, 0.2) is 0 Å². The Bertz CT molecular complexity index is 708. The number of anilines is 1. The minimum atomic E-state index is -0.188. The third kappa shape index (κ3) is 2.89. The number of hydrogen-bond acceptors (Lipinski definition) is 3. The monoisotopic (exact) mass is 335 g/mol. The van der Waals surface area contributed by atoms with Crippen LogP contribution in [0.25, 0.3) is 0 Å². The molecule has 20 heavy (non-hydrogen) atoms. The van der Waals surface area contributed by atoms with Gasteiger partial charge in [0.1, 0.15) is 0 Å². The molecule has 1 unspecified atom stereocenters. The quantitative estimate of drug-likeness (QED) is 0.713. The van der Waals surface area contributed by atoms with Crippen LogP contribution < -0.4 is 5.32 Å². The molecule has 0 bridgehead atoms. The molecule has 0 saturated heterocycles. The standard InChI is InChI=1S/C15H14FN3Se/c1-10(8-11-4-2-5-12(16)9-11)17-13-6-3-7-14-15(13)19-20-18-14/h2-7,9-10,17H,8H2,1H3. The van der Waals surface area contributed by atoms with Gasteiger partial charge in [0.05, 0.1) is 0 Å². The van der Waals surface area contributed by atoms with Crippen LogP contribution in [0, 0.1) is 5.82 Å². The number of nitrogens with zero attached hydrogens (tertiary/aromatic N) is 2. The average Bonchev–Trinajstić information content (AvgIpc) is 2.88. The molecular weight excluding hydrogens is 320 g/mol. The van der Waals surface area contributed by atoms with Crippen LogP contribution >= 0.6 is 0 Å². The van der Waals surface area contributed by atoms with Crippen LogP contribution in [0.5, 0.6) is 0 Å². The maximum atomic E-state index is 13.2. The van der Waals surface area contributed by atoms with Crippen molar-refractivity contribution in [1.82, 2.24) is 0 Å². The van der Waals surface area contributed by atoms with Crippen molar-refractivity contribution < 1.29 is 4.39 Å². The molecule has 2 aromatic carbocycles. The number of hydrogen-bond donors (Lipinski definition) is 1. The van der Waals surface area contributed by atoms with E-state index in [2.05, 4.69) is 20.2 Å². The summed E-state index contributed by atoms with van der Waals surface area (Å²) in [5.74, 6) is -0.188. The Hall–Kier alpha value is -1.71. The first kappa shape index (κ1) is 13.3. The summed E-state index contributed by atoms with van der Waals surface area (Å²) >= 11 is -0.0219. The van der Waals surface area contributed by atoms with Gasteiger partial charge >= 0.3 is 122 Å². The summed E-state index contributed by atoms with van der Waals surface area (Å²) in [6.45, 7) is 2.08. The van der Waals surface area contributed by atoms with Crippen LogP contribution in [0.1, 0.15) is 12.5 Å². The summed E-state index contributed by atoms with van der Waals surface area (Å²) < 4.78 is 22.0. The van der Waals surface area contributed by atoms with Crippen molar-refractivity contribution in [2.45, 2.75) is 19.4 Å². The molecule has 0 saturated carbocycles. The van der Waals surface area contributed by atoms with Crippen LogP contribution in [0.4, 0.5) is 21.5 Å². The zero-order valence-corrected chi connectivity index (χ0v) is 12.7. The normalized spacial score (nSPS) is 13.7. The van der Waals surface area contributed by atoms with Crippen molar-refractivity contribution in [3.8, 4) is 0 Å². The van der Waals surface area contributed by atoms with Crippen molar-refractivity contribution in [1.29, 1.82) is 0 Å². The molecule has 0 fully saturated rings. The van der Waals surface area contributed by atoms with Crippen LogP contribution in [0.3, 0.4) is 0 Å². The van der Waals surface area contributed by atoms with Gasteiger partial charge in [-0.05, 0) is 0 Å². The molecule has 3 rings (SSSR count). The van der Waals surface area contributed by atoms with Crippen LogP contribution in [-0.2, 0) is 6.42 Å². The molecule has 1 heterocycles. The van der Waals surface area contributed by atoms with E-state index in [4.69, 9.17) is 0 Å². The Morgan fingerprint density at radius 2 is 2.05 bits per heavy atom. The topological polar surface area (TPSA) is 36.8 Å². The van der Waals surface area contributed by atoms with E-state index in [1.807, 2.05) is 24.3 Å². The summed E-state index contributed by atoms with van der Waals surface area (Å²) in [6, 6.07) is 12.9. The minimum absolute atomic E-state index is 0.0219. The van der Waals surface area contributed by atoms with E-state index in [0.717, 1.165) is 29.0 Å². The Morgan fingerprint density at radius 3 is 2.90 bits per heavy atom. The van der Waals surface area contributed by atoms with E-state index >= 15 is 0 Å². The first-order valence-corrected chi connectivity index (χ1v) is 7.98. The molecule has 0 radical (unpaired) electrons. The molecule has 0 spiro atoms. The van der Waals surface area contributed by atoms with Gasteiger partial charge in [-0.1, -0.05) is 0 Å². The molecule has 102 valence electrons. The maximum absolute atomic E-state index is 13.2. The first-order chi connectivity index (χ1) is 9.72. The Labute approximate surface area is 123 Å². The second-order valence-corrected chi connectivity index (χ2v) is 5.93. The molecule has 1 N–H and O–H groups in total. The van der Waals surface area contributed by atoms with Gasteiger partial charge in [-0.25, -0.2) is 0 Å². The zero-order chi connectivity index (χ0) is 13.9. The average molecular weight is 334 g/mol. The van der Waals surface area contributed by atoms with Crippen molar-refractivity contribution >= 4 is 31.6 Å². The van der Waals surface area contributed by atoms with Crippen molar-refractivity contribution in [2.24, 2.45) is 7.92 Å².